The second-order valence-electron chi connectivity index (χ2n) is 3.57. The Morgan fingerprint density at radius 3 is 3.29 bits per heavy atom. The van der Waals surface area contributed by atoms with Crippen LogP contribution in [-0.4, -0.2) is 34.0 Å². The molecule has 2 heterocycles. The first-order chi connectivity index (χ1) is 6.90. The third-order valence-corrected chi connectivity index (χ3v) is 2.49. The van der Waals surface area contributed by atoms with Crippen molar-refractivity contribution in [2.24, 2.45) is 5.73 Å². The quantitative estimate of drug-likeness (QED) is 0.733. The Balaban J connectivity index is 1.96. The standard InChI is InChI=1S/C9H16N4O/c10-4-3-9-12-11-7-13(9)6-8-2-1-5-14-8/h7-8H,1-6,10H2. The summed E-state index contributed by atoms with van der Waals surface area (Å²) in [6, 6.07) is 0. The number of nitrogens with two attached hydrogens (primary N) is 1. The van der Waals surface area contributed by atoms with Crippen LogP contribution in [0.1, 0.15) is 18.7 Å². The van der Waals surface area contributed by atoms with E-state index in [2.05, 4.69) is 10.2 Å². The molecule has 5 nitrogen and oxygen atoms in total. The topological polar surface area (TPSA) is 66.0 Å². The summed E-state index contributed by atoms with van der Waals surface area (Å²) in [5, 5.41) is 7.91. The van der Waals surface area contributed by atoms with Crippen LogP contribution in [0.3, 0.4) is 0 Å². The van der Waals surface area contributed by atoms with Gasteiger partial charge in [-0.2, -0.15) is 0 Å². The van der Waals surface area contributed by atoms with Crippen molar-refractivity contribution in [2.45, 2.75) is 31.9 Å². The zero-order chi connectivity index (χ0) is 9.80. The summed E-state index contributed by atoms with van der Waals surface area (Å²) in [6.07, 6.45) is 5.18. The average molecular weight is 196 g/mol. The molecule has 0 bridgehead atoms. The van der Waals surface area contributed by atoms with E-state index in [1.165, 1.54) is 6.42 Å². The van der Waals surface area contributed by atoms with Crippen LogP contribution in [0.25, 0.3) is 0 Å². The van der Waals surface area contributed by atoms with E-state index in [-0.39, 0.29) is 0 Å². The highest BCUT2D eigenvalue weighted by atomic mass is 16.5. The van der Waals surface area contributed by atoms with E-state index < -0.39 is 0 Å². The molecule has 2 rings (SSSR count). The summed E-state index contributed by atoms with van der Waals surface area (Å²) >= 11 is 0. The van der Waals surface area contributed by atoms with Crippen LogP contribution >= 0.6 is 0 Å². The Morgan fingerprint density at radius 2 is 2.57 bits per heavy atom. The van der Waals surface area contributed by atoms with Crippen molar-refractivity contribution in [3.05, 3.63) is 12.2 Å². The number of rotatable bonds is 4. The van der Waals surface area contributed by atoms with Crippen molar-refractivity contribution >= 4 is 0 Å². The summed E-state index contributed by atoms with van der Waals surface area (Å²) in [5.41, 5.74) is 5.48. The molecule has 14 heavy (non-hydrogen) atoms. The molecule has 1 aliphatic heterocycles. The molecule has 5 heteroatoms. The van der Waals surface area contributed by atoms with Crippen LogP contribution in [-0.2, 0) is 17.7 Å². The largest absolute Gasteiger partial charge is 0.376 e. The SMILES string of the molecule is NCCc1nncn1CC1CCCO1. The Hall–Kier alpha value is -0.940. The van der Waals surface area contributed by atoms with E-state index in [0.29, 0.717) is 12.6 Å². The zero-order valence-electron chi connectivity index (χ0n) is 8.22. The molecule has 1 aromatic rings. The van der Waals surface area contributed by atoms with Crippen molar-refractivity contribution in [3.8, 4) is 0 Å². The maximum Gasteiger partial charge on any atom is 0.134 e. The molecule has 0 amide bonds. The molecule has 0 spiro atoms. The van der Waals surface area contributed by atoms with Crippen molar-refractivity contribution in [3.63, 3.8) is 0 Å². The Kier molecular flexibility index (Phi) is 3.10. The monoisotopic (exact) mass is 196 g/mol. The lowest BCUT2D eigenvalue weighted by atomic mass is 10.2. The van der Waals surface area contributed by atoms with Crippen LogP contribution < -0.4 is 5.73 Å². The predicted octanol–water partition coefficient (Wildman–Crippen LogP) is -0.0417. The first-order valence-electron chi connectivity index (χ1n) is 5.08. The number of aromatic nitrogens is 3. The smallest absolute Gasteiger partial charge is 0.134 e. The fraction of sp³-hybridized carbons (Fsp3) is 0.778. The van der Waals surface area contributed by atoms with Gasteiger partial charge in [-0.25, -0.2) is 0 Å². The number of ether oxygens (including phenoxy) is 1. The van der Waals surface area contributed by atoms with Crippen LogP contribution in [0.2, 0.25) is 0 Å². The summed E-state index contributed by atoms with van der Waals surface area (Å²) in [4.78, 5) is 0. The summed E-state index contributed by atoms with van der Waals surface area (Å²) < 4.78 is 7.60. The molecule has 0 saturated carbocycles. The van der Waals surface area contributed by atoms with E-state index >= 15 is 0 Å². The van der Waals surface area contributed by atoms with Crippen molar-refractivity contribution in [1.82, 2.24) is 14.8 Å². The normalized spacial score (nSPS) is 21.6. The highest BCUT2D eigenvalue weighted by molar-refractivity contribution is 4.87. The van der Waals surface area contributed by atoms with Crippen LogP contribution in [0.15, 0.2) is 6.33 Å². The molecule has 1 unspecified atom stereocenters. The first kappa shape index (κ1) is 9.61. The van der Waals surface area contributed by atoms with Crippen molar-refractivity contribution in [2.75, 3.05) is 13.2 Å². The minimum absolute atomic E-state index is 0.336. The van der Waals surface area contributed by atoms with Crippen LogP contribution in [0, 0.1) is 0 Å². The van der Waals surface area contributed by atoms with Crippen LogP contribution in [0.5, 0.6) is 0 Å². The molecule has 1 aromatic heterocycles. The molecule has 1 fully saturated rings. The van der Waals surface area contributed by atoms with Gasteiger partial charge in [0.1, 0.15) is 12.2 Å². The third-order valence-electron chi connectivity index (χ3n) is 2.49. The zero-order valence-corrected chi connectivity index (χ0v) is 8.22. The molecule has 2 N–H and O–H groups in total. The van der Waals surface area contributed by atoms with Gasteiger partial charge in [0.05, 0.1) is 12.6 Å². The van der Waals surface area contributed by atoms with Gasteiger partial charge in [0, 0.05) is 13.0 Å². The van der Waals surface area contributed by atoms with Gasteiger partial charge in [-0.15, -0.1) is 10.2 Å². The van der Waals surface area contributed by atoms with E-state index in [1.54, 1.807) is 6.33 Å². The van der Waals surface area contributed by atoms with E-state index in [0.717, 1.165) is 31.8 Å². The van der Waals surface area contributed by atoms with Gasteiger partial charge >= 0.3 is 0 Å². The Labute approximate surface area is 83.3 Å². The van der Waals surface area contributed by atoms with Gasteiger partial charge in [0.15, 0.2) is 0 Å². The molecule has 1 saturated heterocycles. The molecule has 0 aromatic carbocycles. The van der Waals surface area contributed by atoms with E-state index in [4.69, 9.17) is 10.5 Å². The van der Waals surface area contributed by atoms with Gasteiger partial charge in [-0.1, -0.05) is 0 Å². The lowest BCUT2D eigenvalue weighted by Gasteiger charge is -2.11. The second kappa shape index (κ2) is 4.52. The summed E-state index contributed by atoms with van der Waals surface area (Å²) in [7, 11) is 0. The minimum Gasteiger partial charge on any atom is -0.376 e. The molecule has 1 atom stereocenters. The van der Waals surface area contributed by atoms with Gasteiger partial charge in [0.2, 0.25) is 0 Å². The lowest BCUT2D eigenvalue weighted by Crippen LogP contribution is -2.18. The number of hydrogen-bond acceptors (Lipinski definition) is 4. The first-order valence-corrected chi connectivity index (χ1v) is 5.08. The maximum absolute atomic E-state index is 5.55. The highest BCUT2D eigenvalue weighted by Gasteiger charge is 2.17. The lowest BCUT2D eigenvalue weighted by molar-refractivity contribution is 0.0962. The van der Waals surface area contributed by atoms with Crippen LogP contribution in [0.4, 0.5) is 0 Å². The molecule has 1 aliphatic rings. The Bertz CT molecular complexity index is 280. The van der Waals surface area contributed by atoms with Gasteiger partial charge < -0.3 is 15.0 Å². The van der Waals surface area contributed by atoms with Gasteiger partial charge in [-0.05, 0) is 19.4 Å². The van der Waals surface area contributed by atoms with Crippen molar-refractivity contribution < 1.29 is 4.74 Å². The molecule has 0 aliphatic carbocycles. The molecular weight excluding hydrogens is 180 g/mol. The fourth-order valence-electron chi connectivity index (χ4n) is 1.76. The average Bonchev–Trinajstić information content (AvgIpc) is 2.80. The number of nitrogens with zero attached hydrogens (tertiary/aromatic N) is 3. The highest BCUT2D eigenvalue weighted by Crippen LogP contribution is 2.14. The summed E-state index contributed by atoms with van der Waals surface area (Å²) in [5.74, 6) is 0.961. The molecule has 78 valence electrons. The number of hydrogen-bond donors (Lipinski definition) is 1. The predicted molar refractivity (Wildman–Crippen MR) is 51.8 cm³/mol. The third kappa shape index (κ3) is 2.10. The maximum atomic E-state index is 5.55. The van der Waals surface area contributed by atoms with Gasteiger partial charge in [0.25, 0.3) is 0 Å². The fourth-order valence-corrected chi connectivity index (χ4v) is 1.76. The Morgan fingerprint density at radius 1 is 1.64 bits per heavy atom. The summed E-state index contributed by atoms with van der Waals surface area (Å²) in [6.45, 7) is 2.37. The molecular formula is C9H16N4O. The van der Waals surface area contributed by atoms with E-state index in [1.807, 2.05) is 4.57 Å². The minimum atomic E-state index is 0.336. The van der Waals surface area contributed by atoms with E-state index in [9.17, 15) is 0 Å². The second-order valence-corrected chi connectivity index (χ2v) is 3.57. The van der Waals surface area contributed by atoms with Gasteiger partial charge in [-0.3, -0.25) is 0 Å². The molecule has 0 radical (unpaired) electrons. The van der Waals surface area contributed by atoms with Crippen molar-refractivity contribution in [1.29, 1.82) is 0 Å².